The first kappa shape index (κ1) is 15.0. The average molecular weight is 240 g/mol. The highest BCUT2D eigenvalue weighted by Gasteiger charge is 2.25. The lowest BCUT2D eigenvalue weighted by molar-refractivity contribution is 0.144. The van der Waals surface area contributed by atoms with Crippen LogP contribution in [0.2, 0.25) is 0 Å². The number of rotatable bonds is 8. The van der Waals surface area contributed by atoms with Crippen molar-refractivity contribution in [3.05, 3.63) is 0 Å². The lowest BCUT2D eigenvalue weighted by Gasteiger charge is -2.37. The van der Waals surface area contributed by atoms with Crippen LogP contribution in [0.25, 0.3) is 0 Å². The zero-order valence-electron chi connectivity index (χ0n) is 12.2. The van der Waals surface area contributed by atoms with Gasteiger partial charge in [-0.15, -0.1) is 0 Å². The van der Waals surface area contributed by atoms with Gasteiger partial charge in [0.2, 0.25) is 0 Å². The molecule has 0 aromatic heterocycles. The predicted molar refractivity (Wildman–Crippen MR) is 76.5 cm³/mol. The molecule has 0 amide bonds. The molecule has 1 N–H and O–H groups in total. The van der Waals surface area contributed by atoms with Crippen molar-refractivity contribution in [3.8, 4) is 0 Å². The van der Waals surface area contributed by atoms with Crippen LogP contribution in [0.3, 0.4) is 0 Å². The van der Waals surface area contributed by atoms with E-state index in [1.54, 1.807) is 0 Å². The van der Waals surface area contributed by atoms with Gasteiger partial charge in [0.1, 0.15) is 0 Å². The van der Waals surface area contributed by atoms with Gasteiger partial charge in [-0.1, -0.05) is 33.6 Å². The van der Waals surface area contributed by atoms with E-state index in [0.717, 1.165) is 12.1 Å². The maximum Gasteiger partial charge on any atom is 0.0110 e. The fourth-order valence-electron chi connectivity index (χ4n) is 2.99. The molecule has 2 atom stereocenters. The van der Waals surface area contributed by atoms with Gasteiger partial charge in [0, 0.05) is 12.1 Å². The maximum absolute atomic E-state index is 3.71. The van der Waals surface area contributed by atoms with Gasteiger partial charge in [0.15, 0.2) is 0 Å². The van der Waals surface area contributed by atoms with Gasteiger partial charge in [0.05, 0.1) is 0 Å². The molecular formula is C15H32N2. The molecule has 0 aromatic rings. The minimum Gasteiger partial charge on any atom is -0.314 e. The molecule has 2 heteroatoms. The second kappa shape index (κ2) is 8.93. The van der Waals surface area contributed by atoms with Crippen molar-refractivity contribution in [1.29, 1.82) is 0 Å². The van der Waals surface area contributed by atoms with Gasteiger partial charge in [-0.2, -0.15) is 0 Å². The van der Waals surface area contributed by atoms with Crippen LogP contribution < -0.4 is 5.32 Å². The number of nitrogens with zero attached hydrogens (tertiary/aromatic N) is 1. The number of nitrogens with one attached hydrogen (secondary N) is 1. The first-order valence-corrected chi connectivity index (χ1v) is 7.79. The van der Waals surface area contributed by atoms with Gasteiger partial charge in [-0.3, -0.25) is 0 Å². The highest BCUT2D eigenvalue weighted by molar-refractivity contribution is 4.83. The van der Waals surface area contributed by atoms with Gasteiger partial charge in [-0.25, -0.2) is 0 Å². The fourth-order valence-corrected chi connectivity index (χ4v) is 2.99. The van der Waals surface area contributed by atoms with Crippen LogP contribution >= 0.6 is 0 Å². The highest BCUT2D eigenvalue weighted by Crippen LogP contribution is 2.23. The summed E-state index contributed by atoms with van der Waals surface area (Å²) in [4.78, 5) is 2.71. The monoisotopic (exact) mass is 240 g/mol. The normalized spacial score (nSPS) is 25.4. The van der Waals surface area contributed by atoms with E-state index in [4.69, 9.17) is 0 Å². The van der Waals surface area contributed by atoms with Crippen molar-refractivity contribution >= 4 is 0 Å². The van der Waals surface area contributed by atoms with E-state index in [2.05, 4.69) is 31.0 Å². The summed E-state index contributed by atoms with van der Waals surface area (Å²) in [5.74, 6) is 0. The summed E-state index contributed by atoms with van der Waals surface area (Å²) >= 11 is 0. The molecule has 0 radical (unpaired) electrons. The van der Waals surface area contributed by atoms with E-state index in [0.29, 0.717) is 0 Å². The van der Waals surface area contributed by atoms with Gasteiger partial charge < -0.3 is 10.2 Å². The predicted octanol–water partition coefficient (Wildman–Crippen LogP) is 3.42. The summed E-state index contributed by atoms with van der Waals surface area (Å²) < 4.78 is 0. The Morgan fingerprint density at radius 2 is 1.94 bits per heavy atom. The second-order valence-corrected chi connectivity index (χ2v) is 5.45. The van der Waals surface area contributed by atoms with Gasteiger partial charge in [-0.05, 0) is 51.7 Å². The molecule has 1 rings (SSSR count). The summed E-state index contributed by atoms with van der Waals surface area (Å²) in [6.45, 7) is 10.6. The molecule has 0 aliphatic heterocycles. The summed E-state index contributed by atoms with van der Waals surface area (Å²) in [5, 5.41) is 3.71. The van der Waals surface area contributed by atoms with Crippen molar-refractivity contribution in [2.45, 2.75) is 77.8 Å². The topological polar surface area (TPSA) is 15.3 Å². The Labute approximate surface area is 108 Å². The number of hydrogen-bond donors (Lipinski definition) is 1. The maximum atomic E-state index is 3.71. The van der Waals surface area contributed by atoms with Crippen LogP contribution in [0.1, 0.15) is 65.7 Å². The van der Waals surface area contributed by atoms with Crippen LogP contribution in [-0.4, -0.2) is 36.6 Å². The zero-order chi connectivity index (χ0) is 12.5. The third-order valence-corrected chi connectivity index (χ3v) is 4.05. The van der Waals surface area contributed by atoms with Crippen molar-refractivity contribution in [1.82, 2.24) is 10.2 Å². The summed E-state index contributed by atoms with van der Waals surface area (Å²) in [7, 11) is 0. The molecule has 0 heterocycles. The number of hydrogen-bond acceptors (Lipinski definition) is 2. The Hall–Kier alpha value is -0.0800. The fraction of sp³-hybridized carbons (Fsp3) is 1.00. The van der Waals surface area contributed by atoms with Crippen molar-refractivity contribution in [3.63, 3.8) is 0 Å². The molecule has 0 bridgehead atoms. The lowest BCUT2D eigenvalue weighted by Crippen LogP contribution is -2.44. The largest absolute Gasteiger partial charge is 0.314 e. The Morgan fingerprint density at radius 3 is 2.59 bits per heavy atom. The summed E-state index contributed by atoms with van der Waals surface area (Å²) in [6, 6.07) is 1.62. The van der Waals surface area contributed by atoms with Crippen LogP contribution in [0, 0.1) is 0 Å². The van der Waals surface area contributed by atoms with Crippen molar-refractivity contribution < 1.29 is 0 Å². The van der Waals surface area contributed by atoms with Crippen LogP contribution in [0.4, 0.5) is 0 Å². The van der Waals surface area contributed by atoms with Gasteiger partial charge in [0.25, 0.3) is 0 Å². The smallest absolute Gasteiger partial charge is 0.0110 e. The van der Waals surface area contributed by atoms with Crippen molar-refractivity contribution in [2.24, 2.45) is 0 Å². The third-order valence-electron chi connectivity index (χ3n) is 4.05. The van der Waals surface area contributed by atoms with E-state index in [1.807, 2.05) is 0 Å². The molecule has 0 aromatic carbocycles. The van der Waals surface area contributed by atoms with Crippen LogP contribution in [0.5, 0.6) is 0 Å². The number of unbranched alkanes of at least 4 members (excludes halogenated alkanes) is 1. The first-order valence-electron chi connectivity index (χ1n) is 7.79. The molecule has 2 unspecified atom stereocenters. The highest BCUT2D eigenvalue weighted by atomic mass is 15.2. The van der Waals surface area contributed by atoms with E-state index < -0.39 is 0 Å². The van der Waals surface area contributed by atoms with Crippen LogP contribution in [-0.2, 0) is 0 Å². The van der Waals surface area contributed by atoms with Crippen molar-refractivity contribution in [2.75, 3.05) is 19.6 Å². The Kier molecular flexibility index (Phi) is 7.87. The quantitative estimate of drug-likeness (QED) is 0.699. The summed E-state index contributed by atoms with van der Waals surface area (Å²) in [6.07, 6.45) is 9.53. The van der Waals surface area contributed by atoms with E-state index >= 15 is 0 Å². The molecule has 1 aliphatic rings. The van der Waals surface area contributed by atoms with E-state index in [9.17, 15) is 0 Å². The molecule has 0 spiro atoms. The standard InChI is InChI=1S/C15H32N2/c1-4-7-12-17(6-3)15-10-8-9-14(13-15)16-11-5-2/h14-16H,4-13H2,1-3H3. The molecule has 102 valence electrons. The SMILES string of the molecule is CCCCN(CC)C1CCCC(NCCC)C1. The molecule has 1 aliphatic carbocycles. The third kappa shape index (κ3) is 5.39. The van der Waals surface area contributed by atoms with Crippen LogP contribution in [0.15, 0.2) is 0 Å². The molecule has 1 fully saturated rings. The molecule has 17 heavy (non-hydrogen) atoms. The Balaban J connectivity index is 2.34. The first-order chi connectivity index (χ1) is 8.31. The van der Waals surface area contributed by atoms with E-state index in [1.165, 1.54) is 64.6 Å². The average Bonchev–Trinajstić information content (AvgIpc) is 2.38. The zero-order valence-corrected chi connectivity index (χ0v) is 12.2. The lowest BCUT2D eigenvalue weighted by atomic mass is 9.89. The minimum absolute atomic E-state index is 0.782. The molecule has 0 saturated heterocycles. The van der Waals surface area contributed by atoms with Gasteiger partial charge >= 0.3 is 0 Å². The summed E-state index contributed by atoms with van der Waals surface area (Å²) in [5.41, 5.74) is 0. The second-order valence-electron chi connectivity index (χ2n) is 5.45. The molecule has 2 nitrogen and oxygen atoms in total. The van der Waals surface area contributed by atoms with E-state index in [-0.39, 0.29) is 0 Å². The Morgan fingerprint density at radius 1 is 1.12 bits per heavy atom. The Bertz CT molecular complexity index is 182. The minimum atomic E-state index is 0.782. The molecular weight excluding hydrogens is 208 g/mol. The molecule has 1 saturated carbocycles.